The van der Waals surface area contributed by atoms with Crippen LogP contribution in [0.1, 0.15) is 63.1 Å². The Morgan fingerprint density at radius 2 is 2.18 bits per heavy atom. The molecule has 2 saturated carbocycles. The molecule has 0 spiro atoms. The Morgan fingerprint density at radius 3 is 2.88 bits per heavy atom. The zero-order chi connectivity index (χ0) is 11.9. The first kappa shape index (κ1) is 11.2. The Morgan fingerprint density at radius 1 is 1.35 bits per heavy atom. The van der Waals surface area contributed by atoms with Crippen LogP contribution in [0.2, 0.25) is 0 Å². The van der Waals surface area contributed by atoms with E-state index in [-0.39, 0.29) is 5.41 Å². The second kappa shape index (κ2) is 4.09. The Bertz CT molecular complexity index is 397. The van der Waals surface area contributed by atoms with Gasteiger partial charge < -0.3 is 9.84 Å². The predicted octanol–water partition coefficient (Wildman–Crippen LogP) is 2.37. The minimum atomic E-state index is 0.221. The zero-order valence-corrected chi connectivity index (χ0v) is 10.7. The van der Waals surface area contributed by atoms with Gasteiger partial charge in [0.05, 0.1) is 0 Å². The molecule has 4 nitrogen and oxygen atoms in total. The third-order valence-corrected chi connectivity index (χ3v) is 4.41. The minimum Gasteiger partial charge on any atom is -0.339 e. The van der Waals surface area contributed by atoms with Gasteiger partial charge in [-0.3, -0.25) is 0 Å². The highest BCUT2D eigenvalue weighted by Gasteiger charge is 2.44. The van der Waals surface area contributed by atoms with Crippen LogP contribution in [0.15, 0.2) is 4.52 Å². The molecular formula is C13H21N3O. The quantitative estimate of drug-likeness (QED) is 0.874. The summed E-state index contributed by atoms with van der Waals surface area (Å²) in [7, 11) is 2.04. The van der Waals surface area contributed by atoms with Gasteiger partial charge in [0.25, 0.3) is 0 Å². The lowest BCUT2D eigenvalue weighted by Gasteiger charge is -2.26. The molecule has 1 aromatic rings. The molecule has 0 aromatic carbocycles. The SMILES string of the molecule is CNC1CCCC(c2nc(C3(C)CC3)no2)C1. The lowest BCUT2D eigenvalue weighted by molar-refractivity contribution is 0.283. The molecule has 17 heavy (non-hydrogen) atoms. The van der Waals surface area contributed by atoms with Crippen molar-refractivity contribution in [3.05, 3.63) is 11.7 Å². The number of hydrogen-bond acceptors (Lipinski definition) is 4. The summed E-state index contributed by atoms with van der Waals surface area (Å²) in [4.78, 5) is 4.63. The monoisotopic (exact) mass is 235 g/mol. The van der Waals surface area contributed by atoms with Crippen molar-refractivity contribution in [1.82, 2.24) is 15.5 Å². The van der Waals surface area contributed by atoms with E-state index in [1.807, 2.05) is 7.05 Å². The summed E-state index contributed by atoms with van der Waals surface area (Å²) in [5.74, 6) is 2.26. The minimum absolute atomic E-state index is 0.221. The van der Waals surface area contributed by atoms with Crippen molar-refractivity contribution in [2.75, 3.05) is 7.05 Å². The van der Waals surface area contributed by atoms with Gasteiger partial charge in [-0.1, -0.05) is 18.5 Å². The highest BCUT2D eigenvalue weighted by atomic mass is 16.5. The van der Waals surface area contributed by atoms with Crippen molar-refractivity contribution in [3.8, 4) is 0 Å². The average Bonchev–Trinajstić information content (AvgIpc) is 2.94. The zero-order valence-electron chi connectivity index (χ0n) is 10.7. The highest BCUT2D eigenvalue weighted by molar-refractivity contribution is 5.15. The summed E-state index contributed by atoms with van der Waals surface area (Å²) in [6, 6.07) is 0.612. The molecule has 0 radical (unpaired) electrons. The van der Waals surface area contributed by atoms with Crippen LogP contribution in [-0.4, -0.2) is 23.2 Å². The van der Waals surface area contributed by atoms with Gasteiger partial charge in [0.15, 0.2) is 5.82 Å². The van der Waals surface area contributed by atoms with Gasteiger partial charge in [0.2, 0.25) is 5.89 Å². The van der Waals surface area contributed by atoms with Crippen molar-refractivity contribution in [2.24, 2.45) is 0 Å². The molecule has 2 aliphatic rings. The lowest BCUT2D eigenvalue weighted by atomic mass is 9.85. The molecule has 0 aliphatic heterocycles. The summed E-state index contributed by atoms with van der Waals surface area (Å²) in [5, 5.41) is 7.53. The molecule has 2 fully saturated rings. The van der Waals surface area contributed by atoms with E-state index in [9.17, 15) is 0 Å². The Labute approximate surface area is 102 Å². The average molecular weight is 235 g/mol. The number of nitrogens with one attached hydrogen (secondary N) is 1. The molecule has 2 atom stereocenters. The summed E-state index contributed by atoms with van der Waals surface area (Å²) >= 11 is 0. The molecule has 2 unspecified atom stereocenters. The fourth-order valence-corrected chi connectivity index (χ4v) is 2.73. The van der Waals surface area contributed by atoms with Crippen LogP contribution in [0.25, 0.3) is 0 Å². The molecule has 1 N–H and O–H groups in total. The fraction of sp³-hybridized carbons (Fsp3) is 0.846. The number of aromatic nitrogens is 2. The first-order chi connectivity index (χ1) is 8.21. The van der Waals surface area contributed by atoms with E-state index in [0.29, 0.717) is 12.0 Å². The molecule has 1 aromatic heterocycles. The largest absolute Gasteiger partial charge is 0.339 e. The smallest absolute Gasteiger partial charge is 0.229 e. The highest BCUT2D eigenvalue weighted by Crippen LogP contribution is 2.46. The summed E-state index contributed by atoms with van der Waals surface area (Å²) in [6.45, 7) is 2.22. The molecule has 1 heterocycles. The maximum absolute atomic E-state index is 5.47. The molecule has 94 valence electrons. The molecular weight excluding hydrogens is 214 g/mol. The maximum Gasteiger partial charge on any atom is 0.229 e. The van der Waals surface area contributed by atoms with Crippen LogP contribution >= 0.6 is 0 Å². The third kappa shape index (κ3) is 2.10. The van der Waals surface area contributed by atoms with Crippen molar-refractivity contribution in [3.63, 3.8) is 0 Å². The Kier molecular flexibility index (Phi) is 2.69. The third-order valence-electron chi connectivity index (χ3n) is 4.41. The maximum atomic E-state index is 5.47. The van der Waals surface area contributed by atoms with Crippen molar-refractivity contribution >= 4 is 0 Å². The van der Waals surface area contributed by atoms with Gasteiger partial charge in [-0.25, -0.2) is 0 Å². The van der Waals surface area contributed by atoms with E-state index in [2.05, 4.69) is 22.4 Å². The molecule has 4 heteroatoms. The van der Waals surface area contributed by atoms with Crippen molar-refractivity contribution in [2.45, 2.75) is 62.8 Å². The molecule has 2 aliphatic carbocycles. The topological polar surface area (TPSA) is 51.0 Å². The first-order valence-corrected chi connectivity index (χ1v) is 6.72. The van der Waals surface area contributed by atoms with Crippen LogP contribution in [0.4, 0.5) is 0 Å². The van der Waals surface area contributed by atoms with Crippen LogP contribution in [0.3, 0.4) is 0 Å². The lowest BCUT2D eigenvalue weighted by Crippen LogP contribution is -2.30. The van der Waals surface area contributed by atoms with E-state index in [1.165, 1.54) is 32.1 Å². The van der Waals surface area contributed by atoms with Crippen LogP contribution in [0.5, 0.6) is 0 Å². The van der Waals surface area contributed by atoms with E-state index in [4.69, 9.17) is 4.52 Å². The summed E-state index contributed by atoms with van der Waals surface area (Å²) in [6.07, 6.45) is 7.26. The molecule has 0 bridgehead atoms. The molecule has 3 rings (SSSR count). The normalized spacial score (nSPS) is 31.4. The molecule has 0 saturated heterocycles. The standard InChI is InChI=1S/C13H21N3O/c1-13(6-7-13)12-15-11(17-16-12)9-4-3-5-10(8-9)14-2/h9-10,14H,3-8H2,1-2H3. The Hall–Kier alpha value is -0.900. The van der Waals surface area contributed by atoms with E-state index < -0.39 is 0 Å². The second-order valence-corrected chi connectivity index (χ2v) is 5.87. The first-order valence-electron chi connectivity index (χ1n) is 6.72. The van der Waals surface area contributed by atoms with Gasteiger partial charge in [-0.05, 0) is 39.2 Å². The van der Waals surface area contributed by atoms with Crippen LogP contribution < -0.4 is 5.32 Å². The van der Waals surface area contributed by atoms with Crippen molar-refractivity contribution in [1.29, 1.82) is 0 Å². The Balaban J connectivity index is 1.73. The fourth-order valence-electron chi connectivity index (χ4n) is 2.73. The van der Waals surface area contributed by atoms with Gasteiger partial charge in [0, 0.05) is 17.4 Å². The summed E-state index contributed by atoms with van der Waals surface area (Å²) < 4.78 is 5.47. The number of nitrogens with zero attached hydrogens (tertiary/aromatic N) is 2. The van der Waals surface area contributed by atoms with E-state index in [0.717, 1.165) is 18.1 Å². The van der Waals surface area contributed by atoms with Gasteiger partial charge in [-0.2, -0.15) is 4.98 Å². The van der Waals surface area contributed by atoms with Crippen molar-refractivity contribution < 1.29 is 4.52 Å². The van der Waals surface area contributed by atoms with Gasteiger partial charge in [0.1, 0.15) is 0 Å². The number of hydrogen-bond donors (Lipinski definition) is 1. The van der Waals surface area contributed by atoms with Crippen LogP contribution in [-0.2, 0) is 5.41 Å². The van der Waals surface area contributed by atoms with E-state index in [1.54, 1.807) is 0 Å². The predicted molar refractivity (Wildman–Crippen MR) is 64.9 cm³/mol. The summed E-state index contributed by atoms with van der Waals surface area (Å²) in [5.41, 5.74) is 0.221. The van der Waals surface area contributed by atoms with E-state index >= 15 is 0 Å². The van der Waals surface area contributed by atoms with Gasteiger partial charge in [-0.15, -0.1) is 0 Å². The van der Waals surface area contributed by atoms with Crippen LogP contribution in [0, 0.1) is 0 Å². The second-order valence-electron chi connectivity index (χ2n) is 5.87. The molecule has 0 amide bonds. The van der Waals surface area contributed by atoms with Gasteiger partial charge >= 0.3 is 0 Å². The number of rotatable bonds is 3.